The SMILES string of the molecule is CCCn1cc(C(C)(N)c2ccccc2Cl)cn1. The number of halogens is 1. The summed E-state index contributed by atoms with van der Waals surface area (Å²) in [6, 6.07) is 7.67. The molecule has 2 N–H and O–H groups in total. The van der Waals surface area contributed by atoms with E-state index < -0.39 is 5.54 Å². The Morgan fingerprint density at radius 3 is 2.78 bits per heavy atom. The van der Waals surface area contributed by atoms with Crippen molar-refractivity contribution < 1.29 is 0 Å². The molecule has 1 heterocycles. The molecule has 0 spiro atoms. The Balaban J connectivity index is 2.38. The highest BCUT2D eigenvalue weighted by Crippen LogP contribution is 2.31. The van der Waals surface area contributed by atoms with Crippen LogP contribution in [0.4, 0.5) is 0 Å². The molecular weight excluding hydrogens is 246 g/mol. The zero-order valence-electron chi connectivity index (χ0n) is 10.7. The smallest absolute Gasteiger partial charge is 0.0682 e. The van der Waals surface area contributed by atoms with Gasteiger partial charge in [0.2, 0.25) is 0 Å². The Kier molecular flexibility index (Phi) is 3.73. The maximum Gasteiger partial charge on any atom is 0.0682 e. The van der Waals surface area contributed by atoms with E-state index in [1.54, 1.807) is 0 Å². The van der Waals surface area contributed by atoms with E-state index in [4.69, 9.17) is 17.3 Å². The summed E-state index contributed by atoms with van der Waals surface area (Å²) >= 11 is 6.22. The summed E-state index contributed by atoms with van der Waals surface area (Å²) < 4.78 is 1.91. The summed E-state index contributed by atoms with van der Waals surface area (Å²) in [5.41, 5.74) is 7.71. The second-order valence-corrected chi connectivity index (χ2v) is 5.08. The summed E-state index contributed by atoms with van der Waals surface area (Å²) in [5, 5.41) is 5.01. The van der Waals surface area contributed by atoms with Crippen molar-refractivity contribution in [2.75, 3.05) is 0 Å². The molecule has 0 saturated carbocycles. The summed E-state index contributed by atoms with van der Waals surface area (Å²) in [5.74, 6) is 0. The number of hydrogen-bond acceptors (Lipinski definition) is 2. The second-order valence-electron chi connectivity index (χ2n) is 4.67. The first kappa shape index (κ1) is 13.1. The van der Waals surface area contributed by atoms with Crippen molar-refractivity contribution in [3.8, 4) is 0 Å². The summed E-state index contributed by atoms with van der Waals surface area (Å²) in [6.45, 7) is 4.98. The van der Waals surface area contributed by atoms with Crippen LogP contribution in [0.3, 0.4) is 0 Å². The maximum atomic E-state index is 6.43. The molecule has 0 aliphatic heterocycles. The molecule has 3 nitrogen and oxygen atoms in total. The van der Waals surface area contributed by atoms with Crippen LogP contribution in [0.1, 0.15) is 31.4 Å². The van der Waals surface area contributed by atoms with E-state index in [2.05, 4.69) is 12.0 Å². The van der Waals surface area contributed by atoms with Crippen LogP contribution in [-0.4, -0.2) is 9.78 Å². The fraction of sp³-hybridized carbons (Fsp3) is 0.357. The summed E-state index contributed by atoms with van der Waals surface area (Å²) in [6.07, 6.45) is 4.86. The molecule has 2 aromatic rings. The average Bonchev–Trinajstić information content (AvgIpc) is 2.79. The number of aryl methyl sites for hydroxylation is 1. The monoisotopic (exact) mass is 263 g/mol. The number of nitrogens with zero attached hydrogens (tertiary/aromatic N) is 2. The van der Waals surface area contributed by atoms with E-state index in [-0.39, 0.29) is 0 Å². The van der Waals surface area contributed by atoms with Crippen LogP contribution >= 0.6 is 11.6 Å². The number of rotatable bonds is 4. The van der Waals surface area contributed by atoms with E-state index >= 15 is 0 Å². The van der Waals surface area contributed by atoms with Gasteiger partial charge in [-0.05, 0) is 25.0 Å². The standard InChI is InChI=1S/C14H18ClN3/c1-3-8-18-10-11(9-17-18)14(2,16)12-6-4-5-7-13(12)15/h4-7,9-10H,3,8,16H2,1-2H3. The van der Waals surface area contributed by atoms with Crippen molar-refractivity contribution in [1.82, 2.24) is 9.78 Å². The topological polar surface area (TPSA) is 43.8 Å². The minimum Gasteiger partial charge on any atom is -0.318 e. The number of hydrogen-bond donors (Lipinski definition) is 1. The van der Waals surface area contributed by atoms with E-state index in [1.165, 1.54) is 0 Å². The highest BCUT2D eigenvalue weighted by molar-refractivity contribution is 6.31. The molecule has 18 heavy (non-hydrogen) atoms. The molecule has 1 unspecified atom stereocenters. The Morgan fingerprint density at radius 2 is 2.11 bits per heavy atom. The molecule has 2 rings (SSSR count). The maximum absolute atomic E-state index is 6.43. The van der Waals surface area contributed by atoms with Crippen LogP contribution < -0.4 is 5.73 Å². The van der Waals surface area contributed by atoms with E-state index in [9.17, 15) is 0 Å². The molecule has 1 atom stereocenters. The van der Waals surface area contributed by atoms with Gasteiger partial charge in [0.1, 0.15) is 0 Å². The lowest BCUT2D eigenvalue weighted by atomic mass is 9.88. The minimum atomic E-state index is -0.621. The van der Waals surface area contributed by atoms with E-state index in [0.717, 1.165) is 24.1 Å². The molecule has 0 bridgehead atoms. The molecule has 0 aliphatic carbocycles. The van der Waals surface area contributed by atoms with Crippen LogP contribution in [0, 0.1) is 0 Å². The minimum absolute atomic E-state index is 0.621. The van der Waals surface area contributed by atoms with Gasteiger partial charge in [0, 0.05) is 23.3 Å². The molecule has 4 heteroatoms. The van der Waals surface area contributed by atoms with E-state index in [0.29, 0.717) is 5.02 Å². The van der Waals surface area contributed by atoms with Gasteiger partial charge in [0.05, 0.1) is 11.7 Å². The third-order valence-electron chi connectivity index (χ3n) is 3.12. The first-order valence-electron chi connectivity index (χ1n) is 6.12. The second kappa shape index (κ2) is 5.12. The van der Waals surface area contributed by atoms with Crippen LogP contribution in [0.15, 0.2) is 36.7 Å². The average molecular weight is 264 g/mol. The molecule has 96 valence electrons. The van der Waals surface area contributed by atoms with Crippen molar-refractivity contribution in [3.63, 3.8) is 0 Å². The highest BCUT2D eigenvalue weighted by Gasteiger charge is 2.27. The fourth-order valence-electron chi connectivity index (χ4n) is 2.02. The van der Waals surface area contributed by atoms with Gasteiger partial charge in [0.25, 0.3) is 0 Å². The predicted octanol–water partition coefficient (Wildman–Crippen LogP) is 3.17. The number of benzene rings is 1. The largest absolute Gasteiger partial charge is 0.318 e. The van der Waals surface area contributed by atoms with Crippen molar-refractivity contribution >= 4 is 11.6 Å². The van der Waals surface area contributed by atoms with Crippen LogP contribution in [0.5, 0.6) is 0 Å². The van der Waals surface area contributed by atoms with Gasteiger partial charge >= 0.3 is 0 Å². The molecular formula is C14H18ClN3. The normalized spacial score (nSPS) is 14.4. The molecule has 0 fully saturated rings. The van der Waals surface area contributed by atoms with Crippen molar-refractivity contribution in [3.05, 3.63) is 52.8 Å². The molecule has 0 amide bonds. The lowest BCUT2D eigenvalue weighted by molar-refractivity contribution is 0.586. The van der Waals surface area contributed by atoms with Crippen molar-refractivity contribution in [2.45, 2.75) is 32.4 Å². The Labute approximate surface area is 113 Å². The van der Waals surface area contributed by atoms with Crippen molar-refractivity contribution in [1.29, 1.82) is 0 Å². The molecule has 0 radical (unpaired) electrons. The molecule has 0 saturated heterocycles. The van der Waals surface area contributed by atoms with Crippen molar-refractivity contribution in [2.24, 2.45) is 5.73 Å². The lowest BCUT2D eigenvalue weighted by Gasteiger charge is -2.25. The third kappa shape index (κ3) is 2.42. The van der Waals surface area contributed by atoms with Crippen LogP contribution in [0.2, 0.25) is 5.02 Å². The van der Waals surface area contributed by atoms with Gasteiger partial charge in [-0.1, -0.05) is 36.7 Å². The van der Waals surface area contributed by atoms with Crippen LogP contribution in [-0.2, 0) is 12.1 Å². The van der Waals surface area contributed by atoms with Gasteiger partial charge < -0.3 is 5.73 Å². The van der Waals surface area contributed by atoms with Crippen LogP contribution in [0.25, 0.3) is 0 Å². The van der Waals surface area contributed by atoms with Gasteiger partial charge in [0.15, 0.2) is 0 Å². The number of nitrogens with two attached hydrogens (primary N) is 1. The zero-order valence-corrected chi connectivity index (χ0v) is 11.5. The highest BCUT2D eigenvalue weighted by atomic mass is 35.5. The Morgan fingerprint density at radius 1 is 1.39 bits per heavy atom. The Hall–Kier alpha value is -1.32. The zero-order chi connectivity index (χ0) is 13.2. The van der Waals surface area contributed by atoms with E-state index in [1.807, 2.05) is 48.3 Å². The lowest BCUT2D eigenvalue weighted by Crippen LogP contribution is -2.34. The molecule has 0 aliphatic rings. The molecule has 1 aromatic heterocycles. The van der Waals surface area contributed by atoms with Gasteiger partial charge in [-0.2, -0.15) is 5.10 Å². The Bertz CT molecular complexity index is 531. The first-order chi connectivity index (χ1) is 8.55. The predicted molar refractivity (Wildman–Crippen MR) is 74.6 cm³/mol. The first-order valence-corrected chi connectivity index (χ1v) is 6.50. The quantitative estimate of drug-likeness (QED) is 0.921. The molecule has 1 aromatic carbocycles. The third-order valence-corrected chi connectivity index (χ3v) is 3.45. The van der Waals surface area contributed by atoms with Gasteiger partial charge in [-0.15, -0.1) is 0 Å². The number of aromatic nitrogens is 2. The van der Waals surface area contributed by atoms with Gasteiger partial charge in [-0.3, -0.25) is 4.68 Å². The summed E-state index contributed by atoms with van der Waals surface area (Å²) in [7, 11) is 0. The fourth-order valence-corrected chi connectivity index (χ4v) is 2.35. The summed E-state index contributed by atoms with van der Waals surface area (Å²) in [4.78, 5) is 0. The van der Waals surface area contributed by atoms with Gasteiger partial charge in [-0.25, -0.2) is 0 Å².